The Balaban J connectivity index is 1.31. The third-order valence-electron chi connectivity index (χ3n) is 5.28. The van der Waals surface area contributed by atoms with Gasteiger partial charge in [0.15, 0.2) is 23.0 Å². The lowest BCUT2D eigenvalue weighted by Crippen LogP contribution is -2.27. The van der Waals surface area contributed by atoms with Crippen LogP contribution in [-0.4, -0.2) is 46.1 Å². The van der Waals surface area contributed by atoms with Crippen molar-refractivity contribution >= 4 is 34.1 Å². The maximum Gasteiger partial charge on any atom is 0.425 e. The first-order chi connectivity index (χ1) is 15.9. The fourth-order valence-electron chi connectivity index (χ4n) is 3.81. The molecule has 0 saturated carbocycles. The van der Waals surface area contributed by atoms with Crippen molar-refractivity contribution in [1.29, 1.82) is 0 Å². The molecule has 0 spiro atoms. The molecule has 2 aliphatic rings. The number of benzene rings is 2. The zero-order valence-corrected chi connectivity index (χ0v) is 21.7. The number of fused-ring (bicyclic) bond motifs is 2. The normalized spacial score (nSPS) is 16.5. The van der Waals surface area contributed by atoms with Crippen molar-refractivity contribution in [2.24, 2.45) is 0 Å². The molecule has 10 heteroatoms. The average molecular weight is 505 g/mol. The summed E-state index contributed by atoms with van der Waals surface area (Å²) in [6.45, 7) is 7.96. The first-order valence-electron chi connectivity index (χ1n) is 10.8. The van der Waals surface area contributed by atoms with E-state index in [4.69, 9.17) is 18.9 Å². The number of carbonyl (C=O) groups is 2. The predicted molar refractivity (Wildman–Crippen MR) is 132 cm³/mol. The van der Waals surface area contributed by atoms with Crippen LogP contribution < -0.4 is 18.9 Å². The van der Waals surface area contributed by atoms with E-state index in [0.29, 0.717) is 23.0 Å². The number of rotatable bonds is 5. The summed E-state index contributed by atoms with van der Waals surface area (Å²) in [4.78, 5) is 25.2. The molecular weight excluding hydrogens is 476 g/mol. The molecule has 34 heavy (non-hydrogen) atoms. The second kappa shape index (κ2) is 9.14. The Labute approximate surface area is 207 Å². The lowest BCUT2D eigenvalue weighted by atomic mass is 10.0. The highest BCUT2D eigenvalue weighted by Crippen LogP contribution is 2.43. The summed E-state index contributed by atoms with van der Waals surface area (Å²) < 4.78 is 25.6. The van der Waals surface area contributed by atoms with Crippen LogP contribution in [0, 0.1) is 0 Å². The van der Waals surface area contributed by atoms with Gasteiger partial charge in [0.25, 0.3) is 0 Å². The van der Waals surface area contributed by atoms with E-state index in [0.717, 1.165) is 45.9 Å². The van der Waals surface area contributed by atoms with Crippen molar-refractivity contribution in [1.82, 2.24) is 8.61 Å². The Morgan fingerprint density at radius 1 is 0.765 bits per heavy atom. The summed E-state index contributed by atoms with van der Waals surface area (Å²) in [6.07, 6.45) is 0.317. The molecule has 0 radical (unpaired) electrons. The van der Waals surface area contributed by atoms with Gasteiger partial charge in [-0.25, -0.2) is 18.2 Å². The second-order valence-corrected chi connectivity index (χ2v) is 11.7. The maximum absolute atomic E-state index is 12.6. The molecule has 0 aliphatic carbocycles. The Morgan fingerprint density at radius 2 is 1.15 bits per heavy atom. The molecule has 2 heterocycles. The summed E-state index contributed by atoms with van der Waals surface area (Å²) in [6, 6.07) is 11.0. The Bertz CT molecular complexity index is 1030. The SMILES string of the molecule is CN(SSN(C)C(=O)Oc1cccc2c1OC(C)(C)C2)C(=O)Oc1cccc2c1OC(C)(C)C2. The van der Waals surface area contributed by atoms with Gasteiger partial charge >= 0.3 is 12.2 Å². The molecule has 0 saturated heterocycles. The summed E-state index contributed by atoms with van der Waals surface area (Å²) >= 11 is 0. The van der Waals surface area contributed by atoms with Crippen LogP contribution in [0.2, 0.25) is 0 Å². The molecule has 4 rings (SSSR count). The van der Waals surface area contributed by atoms with Gasteiger partial charge in [-0.05, 0) is 39.8 Å². The number of para-hydroxylation sites is 2. The predicted octanol–water partition coefficient (Wildman–Crippen LogP) is 5.89. The first-order valence-corrected chi connectivity index (χ1v) is 12.9. The molecule has 8 nitrogen and oxygen atoms in total. The number of nitrogens with zero attached hydrogens (tertiary/aromatic N) is 2. The van der Waals surface area contributed by atoms with Crippen LogP contribution in [-0.2, 0) is 12.8 Å². The third-order valence-corrected chi connectivity index (χ3v) is 7.63. The van der Waals surface area contributed by atoms with Crippen LogP contribution in [0.15, 0.2) is 36.4 Å². The van der Waals surface area contributed by atoms with Gasteiger partial charge in [0.05, 0.1) is 0 Å². The van der Waals surface area contributed by atoms with Crippen LogP contribution in [0.1, 0.15) is 38.8 Å². The van der Waals surface area contributed by atoms with Crippen LogP contribution in [0.25, 0.3) is 0 Å². The second-order valence-electron chi connectivity index (χ2n) is 9.45. The highest BCUT2D eigenvalue weighted by atomic mass is 33.1. The molecule has 2 aromatic rings. The van der Waals surface area contributed by atoms with Crippen LogP contribution in [0.3, 0.4) is 0 Å². The summed E-state index contributed by atoms with van der Waals surface area (Å²) in [5.74, 6) is 1.93. The van der Waals surface area contributed by atoms with Gasteiger partial charge in [-0.3, -0.25) is 0 Å². The summed E-state index contributed by atoms with van der Waals surface area (Å²) in [5.41, 5.74) is 1.32. The highest BCUT2D eigenvalue weighted by Gasteiger charge is 2.34. The summed E-state index contributed by atoms with van der Waals surface area (Å²) in [7, 11) is 5.20. The minimum absolute atomic E-state index is 0.343. The minimum Gasteiger partial charge on any atom is -0.483 e. The molecule has 2 amide bonds. The zero-order valence-electron chi connectivity index (χ0n) is 20.0. The fraction of sp³-hybridized carbons (Fsp3) is 0.417. The van der Waals surface area contributed by atoms with Crippen molar-refractivity contribution in [2.75, 3.05) is 14.1 Å². The smallest absolute Gasteiger partial charge is 0.425 e. The topological polar surface area (TPSA) is 77.5 Å². The number of carbonyl (C=O) groups excluding carboxylic acids is 2. The van der Waals surface area contributed by atoms with E-state index in [1.54, 1.807) is 26.2 Å². The molecule has 0 fully saturated rings. The fourth-order valence-corrected chi connectivity index (χ4v) is 5.17. The van der Waals surface area contributed by atoms with Crippen molar-refractivity contribution in [2.45, 2.75) is 51.7 Å². The molecule has 0 unspecified atom stereocenters. The van der Waals surface area contributed by atoms with E-state index in [2.05, 4.69) is 0 Å². The van der Waals surface area contributed by atoms with Gasteiger partial charge in [0.1, 0.15) is 11.2 Å². The van der Waals surface area contributed by atoms with E-state index < -0.39 is 12.2 Å². The molecular formula is C24H28N2O6S2. The van der Waals surface area contributed by atoms with Crippen LogP contribution in [0.5, 0.6) is 23.0 Å². The number of hydrogen-bond donors (Lipinski definition) is 0. The van der Waals surface area contributed by atoms with Gasteiger partial charge in [-0.1, -0.05) is 24.3 Å². The van der Waals surface area contributed by atoms with Crippen LogP contribution >= 0.6 is 22.0 Å². The quantitative estimate of drug-likeness (QED) is 0.369. The number of amides is 2. The van der Waals surface area contributed by atoms with E-state index in [1.807, 2.05) is 52.0 Å². The Morgan fingerprint density at radius 3 is 1.53 bits per heavy atom. The van der Waals surface area contributed by atoms with Crippen molar-refractivity contribution < 1.29 is 28.5 Å². The highest BCUT2D eigenvalue weighted by molar-refractivity contribution is 8.75. The van der Waals surface area contributed by atoms with E-state index in [9.17, 15) is 9.59 Å². The van der Waals surface area contributed by atoms with Crippen molar-refractivity contribution in [3.05, 3.63) is 47.5 Å². The van der Waals surface area contributed by atoms with Gasteiger partial charge < -0.3 is 18.9 Å². The van der Waals surface area contributed by atoms with E-state index in [1.165, 1.54) is 8.61 Å². The zero-order chi connectivity index (χ0) is 24.7. The van der Waals surface area contributed by atoms with E-state index >= 15 is 0 Å². The largest absolute Gasteiger partial charge is 0.483 e. The Kier molecular flexibility index (Phi) is 6.56. The number of ether oxygens (including phenoxy) is 4. The minimum atomic E-state index is -0.586. The molecule has 2 aliphatic heterocycles. The Hall–Kier alpha value is -2.72. The molecule has 182 valence electrons. The molecule has 2 aromatic carbocycles. The van der Waals surface area contributed by atoms with Crippen molar-refractivity contribution in [3.8, 4) is 23.0 Å². The third kappa shape index (κ3) is 5.33. The van der Waals surface area contributed by atoms with Gasteiger partial charge in [0.2, 0.25) is 0 Å². The monoisotopic (exact) mass is 504 g/mol. The average Bonchev–Trinajstić information content (AvgIpc) is 3.25. The van der Waals surface area contributed by atoms with E-state index in [-0.39, 0.29) is 11.2 Å². The first kappa shape index (κ1) is 24.4. The van der Waals surface area contributed by atoms with Gasteiger partial charge in [0, 0.05) is 60.0 Å². The molecule has 0 N–H and O–H groups in total. The molecule has 0 atom stereocenters. The van der Waals surface area contributed by atoms with Crippen LogP contribution in [0.4, 0.5) is 9.59 Å². The maximum atomic E-state index is 12.6. The van der Waals surface area contributed by atoms with Gasteiger partial charge in [-0.15, -0.1) is 0 Å². The van der Waals surface area contributed by atoms with Gasteiger partial charge in [-0.2, -0.15) is 0 Å². The molecule has 0 aromatic heterocycles. The molecule has 0 bridgehead atoms. The lowest BCUT2D eigenvalue weighted by molar-refractivity contribution is 0.131. The number of hydrogen-bond acceptors (Lipinski definition) is 8. The van der Waals surface area contributed by atoms with Crippen molar-refractivity contribution in [3.63, 3.8) is 0 Å². The summed E-state index contributed by atoms with van der Waals surface area (Å²) in [5, 5.41) is 0. The standard InChI is InChI=1S/C24H28N2O6S2/c1-23(2)13-15-9-7-11-17(19(15)31-23)29-21(27)25(5)33-34-26(6)22(28)30-18-12-8-10-16-14-24(3,4)32-20(16)18/h7-12H,13-14H2,1-6H3. The lowest BCUT2D eigenvalue weighted by Gasteiger charge is -2.21.